The van der Waals surface area contributed by atoms with E-state index in [0.29, 0.717) is 63.1 Å². The molecule has 46 nitrogen and oxygen atoms in total. The van der Waals surface area contributed by atoms with E-state index in [1.54, 1.807) is 67.8 Å². The molecule has 0 bridgehead atoms. The minimum absolute atomic E-state index is 0.000537. The monoisotopic (exact) mass is 1980 g/mol. The molecule has 0 aliphatic carbocycles. The number of rotatable bonds is 30. The number of aromatic nitrogens is 4. The Labute approximate surface area is 817 Å². The highest BCUT2D eigenvalue weighted by Crippen LogP contribution is 2.31. The van der Waals surface area contributed by atoms with Crippen LogP contribution in [0, 0.1) is 16.7 Å². The molecular weight excluding hydrogens is 1850 g/mol. The van der Waals surface area contributed by atoms with Crippen LogP contribution in [0.3, 0.4) is 0 Å². The number of ketones is 1. The van der Waals surface area contributed by atoms with Gasteiger partial charge in [-0.1, -0.05) is 94.5 Å². The van der Waals surface area contributed by atoms with Crippen LogP contribution in [0.5, 0.6) is 5.75 Å². The average molecular weight is 1980 g/mol. The number of para-hydroxylation sites is 2. The van der Waals surface area contributed by atoms with E-state index in [2.05, 4.69) is 73.1 Å². The molecule has 47 heteroatoms. The fourth-order valence-corrected chi connectivity index (χ4v) is 18.3. The molecule has 3 fully saturated rings. The number of carbonyl (C=O) groups is 18. The second-order valence-electron chi connectivity index (χ2n) is 35.8. The number of aliphatic carboxylic acids is 2. The van der Waals surface area contributed by atoms with Crippen molar-refractivity contribution in [3.63, 3.8) is 0 Å². The smallest absolute Gasteiger partial charge is 0.305 e. The normalized spacial score (nSPS) is 24.2. The van der Waals surface area contributed by atoms with E-state index in [4.69, 9.17) is 28.0 Å². The summed E-state index contributed by atoms with van der Waals surface area (Å²) in [6.07, 6.45) is 1.36. The largest absolute Gasteiger partial charge is 0.508 e. The summed E-state index contributed by atoms with van der Waals surface area (Å²) in [6.45, 7) is 3.29. The number of amides is 15. The van der Waals surface area contributed by atoms with Gasteiger partial charge in [0, 0.05) is 131 Å². The van der Waals surface area contributed by atoms with Crippen molar-refractivity contribution in [2.24, 2.45) is 23.1 Å². The molecule has 6 heterocycles. The number of amidine groups is 1. The van der Waals surface area contributed by atoms with Gasteiger partial charge in [-0.3, -0.25) is 97.1 Å². The number of Topliss-reactive ketones (excluding diaryl/α,β-unsaturated/α-hetero) is 1. The second kappa shape index (κ2) is 53.0. The molecule has 141 heavy (non-hydrogen) atoms. The number of likely N-dealkylation sites (N-methyl/N-ethyl adjacent to an activating group) is 3. The zero-order chi connectivity index (χ0) is 103. The number of guanidine groups is 1. The number of benzene rings is 3. The number of H-pyrrole nitrogens is 3. The third kappa shape index (κ3) is 31.7. The second-order valence-corrected chi connectivity index (χ2v) is 36.8. The Kier molecular flexibility index (Phi) is 41.4. The summed E-state index contributed by atoms with van der Waals surface area (Å²) < 4.78 is 0. The van der Waals surface area contributed by atoms with Gasteiger partial charge >= 0.3 is 11.9 Å². The van der Waals surface area contributed by atoms with Crippen LogP contribution in [0.1, 0.15) is 159 Å². The highest BCUT2D eigenvalue weighted by Gasteiger charge is 2.47. The Morgan fingerprint density at radius 3 is 1.72 bits per heavy atom. The molecular formula is C94H130N24O22S. The maximum atomic E-state index is 16.0. The molecule has 3 aromatic carbocycles. The zero-order valence-electron chi connectivity index (χ0n) is 79.7. The number of fused-ring (bicyclic) bond motifs is 4. The standard InChI is InChI=1S/C94H130N24O22S/c1-7-9-25-71-87(134)110-66(41-79(124)125)86(133)113-70(83(130)104-46-77(97)122)48-141-49-78(123)106-67(35-52-29-31-57(119)32-30-52)89(136)114(4)51(3)81(128)111-69(42-80(126)127)92(139)117-34-18-27-72(117)88(135)109-65(39-56-45-100-50-105-56)85(132)108-64(24-17-33-101-94(98)99)91(138)118-47-58(120)40-74(118)75(121)38-53(36-54-43-102-61-21-13-11-19-59(54)61)82(129)107-63(23-15-16-28-76(95)96)84(131)112-68(37-55-44-103-62-22-14-12-20-60(55)62)90(137)116(6)73(26-10-8-2)93(140)115(71)5/h11-14,19-22,29-32,43-45,50-51,53,58,63-74,102-103,119-120H,7-10,15-18,23-28,33-42,46-49H2,1-6H3,(H3,95,96)(H2,97,122)(H,100,105)(H,104,130)(H,106,123)(H,107,129)(H,108,132)(H,109,135)(H,110,134)(H,111,128)(H,112,131)(H,113,133)(H,124,125)(H,126,127)(H4,98,99,101)/t51-,53+,58+,63-,64-,65-,66-,67-,68-,69-,70-,71-,72-,73-,74-/m0/s1. The number of carboxylic acids is 2. The van der Waals surface area contributed by atoms with Crippen LogP contribution in [0.25, 0.3) is 21.8 Å². The van der Waals surface area contributed by atoms with Crippen LogP contribution in [-0.2, 0) is 112 Å². The maximum absolute atomic E-state index is 16.0. The fraction of sp³-hybridized carbons (Fsp3) is 0.521. The SMILES string of the molecule is CCCC[C@H]1C(=O)N(C)[C@@H](CCCC)C(=O)N[C@@H](CC(=O)O)C(=O)N[C@H](C(=O)NCC(N)=O)CSCC(=O)N[C@@H](Cc2ccc(O)cc2)C(=O)N(C)[C@@H](C)C(=O)N[C@@H](CC(=O)O)C(=O)N2CCC[C@H]2C(=O)N[C@@H](Cc2c[nH]cn2)C(=O)N[C@@H](CCCNC(=N)N)C(=O)N2C[C@H](O)C[C@H]2C(=O)C[C@@H](Cc2c[nH]c3ccccc23)C(=O)N[C@@H](CCCCC(=N)N)C(=O)N[C@@H](Cc2c[nH]c3ccccc23)C(=O)N1C. The molecule has 0 saturated carbocycles. The number of phenols is 1. The number of imidazole rings is 1. The van der Waals surface area contributed by atoms with Crippen LogP contribution in [-0.4, -0.2) is 326 Å². The van der Waals surface area contributed by atoms with E-state index in [-0.39, 0.29) is 140 Å². The van der Waals surface area contributed by atoms with Crippen LogP contribution in [0.15, 0.2) is 97.7 Å². The molecule has 3 aliphatic rings. The highest BCUT2D eigenvalue weighted by atomic mass is 32.2. The minimum atomic E-state index is -2.04. The fourth-order valence-electron chi connectivity index (χ4n) is 17.5. The zero-order valence-corrected chi connectivity index (χ0v) is 80.5. The molecule has 9 rings (SSSR count). The number of carbonyl (C=O) groups excluding carboxylic acids is 16. The molecule has 764 valence electrons. The van der Waals surface area contributed by atoms with Gasteiger partial charge in [0.05, 0.1) is 55.1 Å². The third-order valence-electron chi connectivity index (χ3n) is 25.3. The first-order valence-electron chi connectivity index (χ1n) is 47.0. The first-order chi connectivity index (χ1) is 67.1. The number of aromatic amines is 3. The summed E-state index contributed by atoms with van der Waals surface area (Å²) in [4.78, 5) is 283. The Bertz CT molecular complexity index is 5480. The van der Waals surface area contributed by atoms with Crippen LogP contribution >= 0.6 is 11.8 Å². The summed E-state index contributed by atoms with van der Waals surface area (Å²) in [5, 5.41) is 85.7. The van der Waals surface area contributed by atoms with E-state index < -0.39 is 247 Å². The van der Waals surface area contributed by atoms with Gasteiger partial charge in [-0.15, -0.1) is 11.8 Å². The van der Waals surface area contributed by atoms with Gasteiger partial charge in [0.1, 0.15) is 78.3 Å². The lowest BCUT2D eigenvalue weighted by molar-refractivity contribution is -0.149. The molecule has 3 aromatic heterocycles. The van der Waals surface area contributed by atoms with Crippen LogP contribution < -0.4 is 70.4 Å². The van der Waals surface area contributed by atoms with E-state index >= 15 is 38.4 Å². The Balaban J connectivity index is 1.13. The third-order valence-corrected chi connectivity index (χ3v) is 26.3. The molecule has 3 aliphatic heterocycles. The van der Waals surface area contributed by atoms with E-state index in [9.17, 15) is 68.4 Å². The van der Waals surface area contributed by atoms with Crippen molar-refractivity contribution in [1.82, 2.24) is 97.6 Å². The number of thioether (sulfide) groups is 1. The van der Waals surface area contributed by atoms with Crippen molar-refractivity contribution in [3.8, 4) is 5.75 Å². The van der Waals surface area contributed by atoms with Crippen molar-refractivity contribution in [2.45, 2.75) is 247 Å². The predicted molar refractivity (Wildman–Crippen MR) is 515 cm³/mol. The number of carboxylic acid groups (broad SMARTS) is 2. The lowest BCUT2D eigenvalue weighted by Gasteiger charge is -2.36. The van der Waals surface area contributed by atoms with Crippen molar-refractivity contribution < 1.29 is 107 Å². The molecule has 0 radical (unpaired) electrons. The van der Waals surface area contributed by atoms with Gasteiger partial charge in [-0.05, 0) is 106 Å². The van der Waals surface area contributed by atoms with Gasteiger partial charge in [0.2, 0.25) is 88.6 Å². The van der Waals surface area contributed by atoms with Crippen molar-refractivity contribution in [2.75, 3.05) is 58.8 Å². The summed E-state index contributed by atoms with van der Waals surface area (Å²) in [5.41, 5.74) is 19.8. The molecule has 3 saturated heterocycles. The van der Waals surface area contributed by atoms with Crippen LogP contribution in [0.4, 0.5) is 0 Å². The number of nitrogens with two attached hydrogens (primary N) is 3. The molecule has 15 amide bonds. The van der Waals surface area contributed by atoms with Crippen molar-refractivity contribution in [3.05, 3.63) is 120 Å². The number of primary amides is 1. The quantitative estimate of drug-likeness (QED) is 0.0141. The lowest BCUT2D eigenvalue weighted by atomic mass is 9.89. The summed E-state index contributed by atoms with van der Waals surface area (Å²) in [7, 11) is 3.76. The van der Waals surface area contributed by atoms with Gasteiger partial charge < -0.3 is 130 Å². The molecule has 25 N–H and O–H groups in total. The summed E-state index contributed by atoms with van der Waals surface area (Å²) >= 11 is 0.668. The molecule has 0 spiro atoms. The summed E-state index contributed by atoms with van der Waals surface area (Å²) in [6, 6.07) is -1.72. The van der Waals surface area contributed by atoms with Crippen molar-refractivity contribution >= 4 is 152 Å². The topological polar surface area (TPSA) is 711 Å². The Hall–Kier alpha value is -14.5. The van der Waals surface area contributed by atoms with E-state index in [1.807, 2.05) is 6.92 Å². The number of unbranched alkanes of at least 4 members (excludes halogenated alkanes) is 3. The number of hydrogen-bond acceptors (Lipinski definition) is 24. The van der Waals surface area contributed by atoms with Gasteiger partial charge in [0.15, 0.2) is 11.7 Å². The minimum Gasteiger partial charge on any atom is -0.508 e. The average Bonchev–Trinajstić information content (AvgIpc) is 1.61. The predicted octanol–water partition coefficient (Wildman–Crippen LogP) is -1.31. The van der Waals surface area contributed by atoms with Crippen molar-refractivity contribution in [1.29, 1.82) is 10.8 Å². The van der Waals surface area contributed by atoms with E-state index in [1.165, 1.54) is 57.8 Å². The van der Waals surface area contributed by atoms with E-state index in [0.717, 1.165) is 31.5 Å². The molecule has 0 unspecified atom stereocenters. The van der Waals surface area contributed by atoms with Gasteiger partial charge in [0.25, 0.3) is 0 Å². The number of aliphatic hydroxyl groups excluding tert-OH is 1. The Morgan fingerprint density at radius 2 is 1.10 bits per heavy atom. The molecule has 6 aromatic rings. The number of hydrogen-bond donors (Lipinski definition) is 22. The maximum Gasteiger partial charge on any atom is 0.305 e. The number of aromatic hydroxyl groups is 1. The number of aliphatic hydroxyl groups is 1. The highest BCUT2D eigenvalue weighted by molar-refractivity contribution is 8.00. The number of phenolic OH excluding ortho intramolecular Hbond substituents is 1. The Morgan fingerprint density at radius 1 is 0.539 bits per heavy atom. The first-order valence-corrected chi connectivity index (χ1v) is 48.2. The summed E-state index contributed by atoms with van der Waals surface area (Å²) in [5.74, 6) is -22.4. The van der Waals surface area contributed by atoms with Gasteiger partial charge in [-0.2, -0.15) is 0 Å². The van der Waals surface area contributed by atoms with Gasteiger partial charge in [-0.25, -0.2) is 4.98 Å². The number of nitrogens with one attached hydrogen (secondary N) is 15. The first kappa shape index (κ1) is 110. The molecule has 15 atom stereocenters. The van der Waals surface area contributed by atoms with Crippen LogP contribution in [0.2, 0.25) is 0 Å². The number of nitrogens with zero attached hydrogens (tertiary/aromatic N) is 6. The lowest BCUT2D eigenvalue weighted by Crippen LogP contribution is -2.60.